The summed E-state index contributed by atoms with van der Waals surface area (Å²) in [7, 11) is 0. The Balaban J connectivity index is 1.74. The van der Waals surface area contributed by atoms with Crippen LogP contribution in [-0.2, 0) is 4.79 Å². The van der Waals surface area contributed by atoms with Gasteiger partial charge in [-0.3, -0.25) is 9.59 Å². The Hall–Kier alpha value is -2.62. The van der Waals surface area contributed by atoms with Crippen LogP contribution in [-0.4, -0.2) is 18.4 Å². The summed E-state index contributed by atoms with van der Waals surface area (Å²) in [6.45, 7) is 4.43. The highest BCUT2D eigenvalue weighted by atomic mass is 16.2. The normalized spacial score (nSPS) is 10.2. The second-order valence-electron chi connectivity index (χ2n) is 5.54. The van der Waals surface area contributed by atoms with Crippen LogP contribution in [0.15, 0.2) is 48.5 Å². The molecule has 0 radical (unpaired) electrons. The van der Waals surface area contributed by atoms with Crippen molar-refractivity contribution < 1.29 is 9.59 Å². The second-order valence-corrected chi connectivity index (χ2v) is 5.54. The lowest BCUT2D eigenvalue weighted by Gasteiger charge is -2.11. The van der Waals surface area contributed by atoms with Crippen LogP contribution < -0.4 is 10.6 Å². The predicted molar refractivity (Wildman–Crippen MR) is 92.6 cm³/mol. The summed E-state index contributed by atoms with van der Waals surface area (Å²) in [5.74, 6) is -0.142. The third-order valence-electron chi connectivity index (χ3n) is 3.65. The molecule has 0 bridgehead atoms. The molecule has 0 saturated carbocycles. The summed E-state index contributed by atoms with van der Waals surface area (Å²) in [6.07, 6.45) is 0.984. The zero-order valence-electron chi connectivity index (χ0n) is 13.6. The van der Waals surface area contributed by atoms with Gasteiger partial charge in [0, 0.05) is 24.2 Å². The van der Waals surface area contributed by atoms with Crippen LogP contribution in [0.3, 0.4) is 0 Å². The molecule has 2 rings (SSSR count). The van der Waals surface area contributed by atoms with E-state index in [0.717, 1.165) is 16.8 Å². The highest BCUT2D eigenvalue weighted by Crippen LogP contribution is 2.19. The lowest BCUT2D eigenvalue weighted by Crippen LogP contribution is -2.25. The van der Waals surface area contributed by atoms with Gasteiger partial charge in [-0.15, -0.1) is 0 Å². The number of benzene rings is 2. The van der Waals surface area contributed by atoms with Gasteiger partial charge in [0.2, 0.25) is 5.91 Å². The molecule has 0 aromatic heterocycles. The zero-order valence-corrected chi connectivity index (χ0v) is 13.6. The molecule has 0 atom stereocenters. The molecule has 0 fully saturated rings. The Bertz CT molecular complexity index is 661. The second kappa shape index (κ2) is 8.13. The molecule has 23 heavy (non-hydrogen) atoms. The Kier molecular flexibility index (Phi) is 5.92. The number of hydrogen-bond acceptors (Lipinski definition) is 2. The summed E-state index contributed by atoms with van der Waals surface area (Å²) in [6, 6.07) is 15.0. The summed E-state index contributed by atoms with van der Waals surface area (Å²) < 4.78 is 0. The van der Waals surface area contributed by atoms with Crippen LogP contribution in [0.2, 0.25) is 0 Å². The molecule has 2 amide bonds. The molecular formula is C19H22N2O2. The molecule has 2 aromatic rings. The number of aryl methyl sites for hydroxylation is 2. The average Bonchev–Trinajstić information content (AvgIpc) is 2.56. The molecule has 0 heterocycles. The fraction of sp³-hybridized carbons (Fsp3) is 0.263. The van der Waals surface area contributed by atoms with E-state index in [4.69, 9.17) is 0 Å². The van der Waals surface area contributed by atoms with E-state index in [0.29, 0.717) is 24.9 Å². The van der Waals surface area contributed by atoms with Crippen LogP contribution in [0, 0.1) is 13.8 Å². The van der Waals surface area contributed by atoms with Gasteiger partial charge >= 0.3 is 0 Å². The van der Waals surface area contributed by atoms with E-state index in [1.807, 2.05) is 50.2 Å². The van der Waals surface area contributed by atoms with Gasteiger partial charge in [-0.1, -0.05) is 36.4 Å². The van der Waals surface area contributed by atoms with E-state index in [1.165, 1.54) is 0 Å². The summed E-state index contributed by atoms with van der Waals surface area (Å²) in [4.78, 5) is 23.9. The quantitative estimate of drug-likeness (QED) is 0.803. The molecule has 0 aliphatic heterocycles. The number of nitrogens with one attached hydrogen (secondary N) is 2. The maximum absolute atomic E-state index is 12.0. The summed E-state index contributed by atoms with van der Waals surface area (Å²) >= 11 is 0. The van der Waals surface area contributed by atoms with Crippen molar-refractivity contribution in [2.45, 2.75) is 26.7 Å². The third-order valence-corrected chi connectivity index (χ3v) is 3.65. The Labute approximate surface area is 136 Å². The number of carbonyl (C=O) groups excluding carboxylic acids is 2. The monoisotopic (exact) mass is 310 g/mol. The number of rotatable bonds is 6. The number of para-hydroxylation sites is 1. The molecule has 4 nitrogen and oxygen atoms in total. The third kappa shape index (κ3) is 4.95. The summed E-state index contributed by atoms with van der Waals surface area (Å²) in [5.41, 5.74) is 3.62. The van der Waals surface area contributed by atoms with Crippen molar-refractivity contribution >= 4 is 17.5 Å². The molecule has 0 aliphatic carbocycles. The van der Waals surface area contributed by atoms with Crippen LogP contribution in [0.4, 0.5) is 5.69 Å². The Morgan fingerprint density at radius 2 is 1.57 bits per heavy atom. The molecule has 0 spiro atoms. The first-order valence-electron chi connectivity index (χ1n) is 7.77. The Morgan fingerprint density at radius 1 is 0.913 bits per heavy atom. The van der Waals surface area contributed by atoms with Crippen LogP contribution >= 0.6 is 0 Å². The molecule has 2 N–H and O–H groups in total. The van der Waals surface area contributed by atoms with Crippen LogP contribution in [0.1, 0.15) is 34.3 Å². The molecule has 0 unspecified atom stereocenters. The van der Waals surface area contributed by atoms with Gasteiger partial charge in [-0.05, 0) is 43.5 Å². The molecule has 120 valence electrons. The molecular weight excluding hydrogens is 288 g/mol. The summed E-state index contributed by atoms with van der Waals surface area (Å²) in [5, 5.41) is 5.77. The van der Waals surface area contributed by atoms with Gasteiger partial charge in [0.05, 0.1) is 0 Å². The van der Waals surface area contributed by atoms with Crippen molar-refractivity contribution in [1.29, 1.82) is 0 Å². The van der Waals surface area contributed by atoms with E-state index < -0.39 is 0 Å². The highest BCUT2D eigenvalue weighted by molar-refractivity contribution is 5.94. The minimum absolute atomic E-state index is 0.0311. The molecule has 0 aliphatic rings. The van der Waals surface area contributed by atoms with Gasteiger partial charge in [-0.2, -0.15) is 0 Å². The van der Waals surface area contributed by atoms with E-state index >= 15 is 0 Å². The van der Waals surface area contributed by atoms with Crippen molar-refractivity contribution in [3.8, 4) is 0 Å². The average molecular weight is 310 g/mol. The van der Waals surface area contributed by atoms with E-state index in [1.54, 1.807) is 12.1 Å². The van der Waals surface area contributed by atoms with Crippen molar-refractivity contribution in [1.82, 2.24) is 5.32 Å². The first kappa shape index (κ1) is 16.7. The molecule has 2 aromatic carbocycles. The number of amides is 2. The maximum Gasteiger partial charge on any atom is 0.251 e. The van der Waals surface area contributed by atoms with E-state index in [-0.39, 0.29) is 11.8 Å². The fourth-order valence-corrected chi connectivity index (χ4v) is 2.36. The van der Waals surface area contributed by atoms with Crippen molar-refractivity contribution in [2.75, 3.05) is 11.9 Å². The highest BCUT2D eigenvalue weighted by Gasteiger charge is 2.08. The van der Waals surface area contributed by atoms with Crippen molar-refractivity contribution in [2.24, 2.45) is 0 Å². The van der Waals surface area contributed by atoms with Gasteiger partial charge in [0.25, 0.3) is 5.91 Å². The molecule has 4 heteroatoms. The van der Waals surface area contributed by atoms with Crippen molar-refractivity contribution in [3.63, 3.8) is 0 Å². The zero-order chi connectivity index (χ0) is 16.7. The van der Waals surface area contributed by atoms with Gasteiger partial charge < -0.3 is 10.6 Å². The largest absolute Gasteiger partial charge is 0.352 e. The van der Waals surface area contributed by atoms with Gasteiger partial charge in [0.15, 0.2) is 0 Å². The van der Waals surface area contributed by atoms with Crippen LogP contribution in [0.5, 0.6) is 0 Å². The van der Waals surface area contributed by atoms with Crippen LogP contribution in [0.25, 0.3) is 0 Å². The van der Waals surface area contributed by atoms with E-state index in [2.05, 4.69) is 10.6 Å². The fourth-order valence-electron chi connectivity index (χ4n) is 2.36. The van der Waals surface area contributed by atoms with Gasteiger partial charge in [-0.25, -0.2) is 0 Å². The number of hydrogen-bond donors (Lipinski definition) is 2. The molecule has 0 saturated heterocycles. The standard InChI is InChI=1S/C19H22N2O2/c1-14-8-6-9-15(2)18(14)21-17(22)12-7-13-20-19(23)16-10-4-3-5-11-16/h3-6,8-11H,7,12-13H2,1-2H3,(H,20,23)(H,21,22). The smallest absolute Gasteiger partial charge is 0.251 e. The predicted octanol–water partition coefficient (Wildman–Crippen LogP) is 3.45. The first-order chi connectivity index (χ1) is 11.1. The first-order valence-corrected chi connectivity index (χ1v) is 7.77. The minimum atomic E-state index is -0.110. The van der Waals surface area contributed by atoms with Gasteiger partial charge in [0.1, 0.15) is 0 Å². The van der Waals surface area contributed by atoms with E-state index in [9.17, 15) is 9.59 Å². The SMILES string of the molecule is Cc1cccc(C)c1NC(=O)CCCNC(=O)c1ccccc1. The lowest BCUT2D eigenvalue weighted by molar-refractivity contribution is -0.116. The number of anilines is 1. The lowest BCUT2D eigenvalue weighted by atomic mass is 10.1. The van der Waals surface area contributed by atoms with Crippen molar-refractivity contribution in [3.05, 3.63) is 65.2 Å². The Morgan fingerprint density at radius 3 is 2.22 bits per heavy atom. The minimum Gasteiger partial charge on any atom is -0.352 e. The topological polar surface area (TPSA) is 58.2 Å². The number of carbonyl (C=O) groups is 2. The maximum atomic E-state index is 12.0.